The third-order valence-corrected chi connectivity index (χ3v) is 4.10. The fourth-order valence-electron chi connectivity index (χ4n) is 1.93. The second-order valence-corrected chi connectivity index (χ2v) is 5.07. The molecule has 1 aliphatic heterocycles. The lowest BCUT2D eigenvalue weighted by molar-refractivity contribution is 0.214. The number of aromatic amines is 1. The van der Waals surface area contributed by atoms with E-state index in [1.807, 2.05) is 0 Å². The molecule has 0 spiro atoms. The fourth-order valence-corrected chi connectivity index (χ4v) is 3.21. The van der Waals surface area contributed by atoms with Crippen LogP contribution in [-0.2, 0) is 0 Å². The Labute approximate surface area is 96.5 Å². The quantitative estimate of drug-likeness (QED) is 0.754. The Balaban J connectivity index is 2.23. The SMILES string of the molecule is O=c1ccn([C@H]2CSC[C@@H](CO)C2)c(=O)[nH]1. The van der Waals surface area contributed by atoms with Crippen molar-refractivity contribution in [2.24, 2.45) is 5.92 Å². The van der Waals surface area contributed by atoms with E-state index in [2.05, 4.69) is 4.98 Å². The van der Waals surface area contributed by atoms with Gasteiger partial charge in [-0.15, -0.1) is 0 Å². The van der Waals surface area contributed by atoms with E-state index in [1.54, 1.807) is 16.3 Å². The van der Waals surface area contributed by atoms with Gasteiger partial charge in [0.05, 0.1) is 0 Å². The molecule has 2 N–H and O–H groups in total. The van der Waals surface area contributed by atoms with Crippen LogP contribution in [0, 0.1) is 5.92 Å². The number of nitrogens with one attached hydrogen (secondary N) is 1. The number of hydrogen-bond donors (Lipinski definition) is 2. The molecule has 6 heteroatoms. The highest BCUT2D eigenvalue weighted by Gasteiger charge is 2.23. The minimum Gasteiger partial charge on any atom is -0.396 e. The zero-order chi connectivity index (χ0) is 11.5. The van der Waals surface area contributed by atoms with Gasteiger partial charge in [0.1, 0.15) is 0 Å². The molecule has 2 atom stereocenters. The van der Waals surface area contributed by atoms with E-state index in [1.165, 1.54) is 12.3 Å². The van der Waals surface area contributed by atoms with Gasteiger partial charge in [-0.25, -0.2) is 4.79 Å². The van der Waals surface area contributed by atoms with Crippen molar-refractivity contribution in [3.8, 4) is 0 Å². The zero-order valence-electron chi connectivity index (χ0n) is 8.76. The molecule has 0 radical (unpaired) electrons. The Morgan fingerprint density at radius 1 is 1.50 bits per heavy atom. The maximum atomic E-state index is 11.6. The first-order valence-electron chi connectivity index (χ1n) is 5.21. The number of H-pyrrole nitrogens is 1. The monoisotopic (exact) mass is 242 g/mol. The summed E-state index contributed by atoms with van der Waals surface area (Å²) in [6, 6.07) is 1.43. The van der Waals surface area contributed by atoms with Crippen LogP contribution in [-0.4, -0.2) is 32.8 Å². The number of hydrogen-bond acceptors (Lipinski definition) is 4. The smallest absolute Gasteiger partial charge is 0.328 e. The minimum absolute atomic E-state index is 0.0697. The molecule has 16 heavy (non-hydrogen) atoms. The van der Waals surface area contributed by atoms with Gasteiger partial charge >= 0.3 is 5.69 Å². The number of aromatic nitrogens is 2. The summed E-state index contributed by atoms with van der Waals surface area (Å²) < 4.78 is 1.55. The van der Waals surface area contributed by atoms with Crippen LogP contribution in [0.25, 0.3) is 0 Å². The van der Waals surface area contributed by atoms with Crippen molar-refractivity contribution < 1.29 is 5.11 Å². The summed E-state index contributed by atoms with van der Waals surface area (Å²) >= 11 is 1.73. The highest BCUT2D eigenvalue weighted by Crippen LogP contribution is 2.29. The molecular weight excluding hydrogens is 228 g/mol. The van der Waals surface area contributed by atoms with Crippen molar-refractivity contribution in [2.45, 2.75) is 12.5 Å². The van der Waals surface area contributed by atoms with E-state index >= 15 is 0 Å². The van der Waals surface area contributed by atoms with Crippen LogP contribution >= 0.6 is 11.8 Å². The molecular formula is C10H14N2O3S. The predicted molar refractivity (Wildman–Crippen MR) is 62.9 cm³/mol. The van der Waals surface area contributed by atoms with Crippen molar-refractivity contribution in [1.82, 2.24) is 9.55 Å². The molecule has 1 aliphatic rings. The van der Waals surface area contributed by atoms with Gasteiger partial charge < -0.3 is 5.11 Å². The van der Waals surface area contributed by atoms with E-state index < -0.39 is 0 Å². The van der Waals surface area contributed by atoms with Crippen LogP contribution in [0.2, 0.25) is 0 Å². The van der Waals surface area contributed by atoms with Crippen molar-refractivity contribution in [1.29, 1.82) is 0 Å². The summed E-state index contributed by atoms with van der Waals surface area (Å²) in [6.45, 7) is 0.154. The standard InChI is InChI=1S/C10H14N2O3S/c13-4-7-3-8(6-16-5-7)12-2-1-9(14)11-10(12)15/h1-2,7-8,13H,3-6H2,(H,11,14,15)/t7-,8-/m1/s1. The number of aliphatic hydroxyl groups excluding tert-OH is 1. The molecule has 5 nitrogen and oxygen atoms in total. The lowest BCUT2D eigenvalue weighted by Gasteiger charge is -2.28. The Hall–Kier alpha value is -1.01. The van der Waals surface area contributed by atoms with Gasteiger partial charge in [-0.3, -0.25) is 14.3 Å². The minimum atomic E-state index is -0.372. The van der Waals surface area contributed by atoms with Crippen LogP contribution < -0.4 is 11.2 Å². The van der Waals surface area contributed by atoms with Gasteiger partial charge in [-0.2, -0.15) is 11.8 Å². The Morgan fingerprint density at radius 3 is 3.00 bits per heavy atom. The van der Waals surface area contributed by atoms with Crippen molar-refractivity contribution in [2.75, 3.05) is 18.1 Å². The van der Waals surface area contributed by atoms with Gasteiger partial charge in [0.2, 0.25) is 0 Å². The van der Waals surface area contributed by atoms with Crippen LogP contribution in [0.5, 0.6) is 0 Å². The largest absolute Gasteiger partial charge is 0.396 e. The lowest BCUT2D eigenvalue weighted by atomic mass is 10.0. The molecule has 1 fully saturated rings. The van der Waals surface area contributed by atoms with E-state index in [9.17, 15) is 9.59 Å². The van der Waals surface area contributed by atoms with Crippen LogP contribution in [0.1, 0.15) is 12.5 Å². The Bertz CT molecular complexity index is 468. The maximum Gasteiger partial charge on any atom is 0.328 e. The molecule has 0 saturated carbocycles. The summed E-state index contributed by atoms with van der Waals surface area (Å²) in [4.78, 5) is 24.8. The first-order chi connectivity index (χ1) is 7.70. The van der Waals surface area contributed by atoms with Crippen LogP contribution in [0.4, 0.5) is 0 Å². The molecule has 0 aromatic carbocycles. The number of nitrogens with zero attached hydrogens (tertiary/aromatic N) is 1. The molecule has 2 rings (SSSR count). The number of thioether (sulfide) groups is 1. The third kappa shape index (κ3) is 2.38. The third-order valence-electron chi connectivity index (χ3n) is 2.77. The summed E-state index contributed by atoms with van der Waals surface area (Å²) in [6.07, 6.45) is 2.32. The van der Waals surface area contributed by atoms with Gasteiger partial charge in [0.15, 0.2) is 0 Å². The average molecular weight is 242 g/mol. The van der Waals surface area contributed by atoms with Gasteiger partial charge in [0.25, 0.3) is 5.56 Å². The van der Waals surface area contributed by atoms with E-state index in [0.29, 0.717) is 0 Å². The molecule has 1 saturated heterocycles. The molecule has 0 amide bonds. The molecule has 2 heterocycles. The first kappa shape index (κ1) is 11.5. The summed E-state index contributed by atoms with van der Waals surface area (Å²) in [5.74, 6) is 2.02. The Morgan fingerprint density at radius 2 is 2.31 bits per heavy atom. The van der Waals surface area contributed by atoms with Crippen LogP contribution in [0.15, 0.2) is 21.9 Å². The van der Waals surface area contributed by atoms with Crippen LogP contribution in [0.3, 0.4) is 0 Å². The zero-order valence-corrected chi connectivity index (χ0v) is 9.57. The van der Waals surface area contributed by atoms with Gasteiger partial charge in [-0.1, -0.05) is 0 Å². The topological polar surface area (TPSA) is 75.1 Å². The number of aliphatic hydroxyl groups is 1. The predicted octanol–water partition coefficient (Wildman–Crippen LogP) is -0.177. The van der Waals surface area contributed by atoms with E-state index in [-0.39, 0.29) is 29.8 Å². The highest BCUT2D eigenvalue weighted by molar-refractivity contribution is 7.99. The van der Waals surface area contributed by atoms with E-state index in [4.69, 9.17) is 5.11 Å². The maximum absolute atomic E-state index is 11.6. The average Bonchev–Trinajstić information content (AvgIpc) is 2.29. The van der Waals surface area contributed by atoms with E-state index in [0.717, 1.165) is 17.9 Å². The van der Waals surface area contributed by atoms with Crippen molar-refractivity contribution in [3.63, 3.8) is 0 Å². The summed E-state index contributed by atoms with van der Waals surface area (Å²) in [5.41, 5.74) is -0.736. The summed E-state index contributed by atoms with van der Waals surface area (Å²) in [5, 5.41) is 9.11. The molecule has 1 aromatic rings. The molecule has 88 valence electrons. The fraction of sp³-hybridized carbons (Fsp3) is 0.600. The van der Waals surface area contributed by atoms with Crippen molar-refractivity contribution in [3.05, 3.63) is 33.1 Å². The summed E-state index contributed by atoms with van der Waals surface area (Å²) in [7, 11) is 0. The lowest BCUT2D eigenvalue weighted by Crippen LogP contribution is -2.35. The number of rotatable bonds is 2. The van der Waals surface area contributed by atoms with Crippen molar-refractivity contribution >= 4 is 11.8 Å². The van der Waals surface area contributed by atoms with Gasteiger partial charge in [-0.05, 0) is 18.1 Å². The normalized spacial score (nSPS) is 25.6. The second-order valence-electron chi connectivity index (χ2n) is 3.99. The highest BCUT2D eigenvalue weighted by atomic mass is 32.2. The Kier molecular flexibility index (Phi) is 3.50. The molecule has 0 bridgehead atoms. The molecule has 0 aliphatic carbocycles. The second kappa shape index (κ2) is 4.88. The van der Waals surface area contributed by atoms with Gasteiger partial charge in [0, 0.05) is 30.7 Å². The molecule has 0 unspecified atom stereocenters. The first-order valence-corrected chi connectivity index (χ1v) is 6.36. The molecule has 1 aromatic heterocycles.